The summed E-state index contributed by atoms with van der Waals surface area (Å²) in [4.78, 5) is 18.4. The SMILES string of the molecule is O=C1CC2(CCN(S(=O)(=O)C3CC3)CC2)CN1Cc1cccnc1. The maximum Gasteiger partial charge on any atom is 0.223 e. The second kappa shape index (κ2) is 5.81. The summed E-state index contributed by atoms with van der Waals surface area (Å²) < 4.78 is 26.4. The fourth-order valence-corrected chi connectivity index (χ4v) is 5.81. The Labute approximate surface area is 142 Å². The van der Waals surface area contributed by atoms with Crippen LogP contribution in [0.3, 0.4) is 0 Å². The lowest BCUT2D eigenvalue weighted by Crippen LogP contribution is -2.45. The number of amides is 1. The second-order valence-corrected chi connectivity index (χ2v) is 9.64. The van der Waals surface area contributed by atoms with E-state index >= 15 is 0 Å². The molecule has 0 unspecified atom stereocenters. The normalized spacial score (nSPS) is 24.7. The Kier molecular flexibility index (Phi) is 3.88. The Hall–Kier alpha value is -1.47. The van der Waals surface area contributed by atoms with Crippen molar-refractivity contribution >= 4 is 15.9 Å². The molecule has 0 bridgehead atoms. The van der Waals surface area contributed by atoms with Crippen molar-refractivity contribution < 1.29 is 13.2 Å². The van der Waals surface area contributed by atoms with Gasteiger partial charge in [0.05, 0.1) is 5.25 Å². The van der Waals surface area contributed by atoms with Crippen LogP contribution >= 0.6 is 0 Å². The lowest BCUT2D eigenvalue weighted by Gasteiger charge is -2.38. The Morgan fingerprint density at radius 3 is 2.62 bits per heavy atom. The van der Waals surface area contributed by atoms with Crippen molar-refractivity contribution in [1.82, 2.24) is 14.2 Å². The zero-order valence-corrected chi connectivity index (χ0v) is 14.5. The summed E-state index contributed by atoms with van der Waals surface area (Å²) in [7, 11) is -3.08. The third-order valence-corrected chi connectivity index (χ3v) is 7.99. The van der Waals surface area contributed by atoms with Crippen LogP contribution in [0.15, 0.2) is 24.5 Å². The van der Waals surface area contributed by atoms with Gasteiger partial charge in [0.25, 0.3) is 0 Å². The topological polar surface area (TPSA) is 70.6 Å². The summed E-state index contributed by atoms with van der Waals surface area (Å²) >= 11 is 0. The zero-order chi connectivity index (χ0) is 16.8. The molecule has 130 valence electrons. The number of pyridine rings is 1. The van der Waals surface area contributed by atoms with Gasteiger partial charge in [0.15, 0.2) is 0 Å². The maximum absolute atomic E-state index is 12.4. The molecule has 7 heteroatoms. The number of nitrogens with zero attached hydrogens (tertiary/aromatic N) is 3. The van der Waals surface area contributed by atoms with Crippen LogP contribution in [0.1, 0.15) is 37.7 Å². The first-order valence-electron chi connectivity index (χ1n) is 8.64. The number of carbonyl (C=O) groups is 1. The summed E-state index contributed by atoms with van der Waals surface area (Å²) in [5, 5.41) is -0.140. The molecule has 0 radical (unpaired) electrons. The van der Waals surface area contributed by atoms with E-state index in [2.05, 4.69) is 4.98 Å². The van der Waals surface area contributed by atoms with Crippen LogP contribution in [-0.4, -0.2) is 53.4 Å². The molecular weight excluding hydrogens is 326 g/mol. The van der Waals surface area contributed by atoms with Crippen molar-refractivity contribution in [1.29, 1.82) is 0 Å². The monoisotopic (exact) mass is 349 g/mol. The first-order chi connectivity index (χ1) is 11.5. The standard InChI is InChI=1S/C17H23N3O3S/c21-16-10-17(13-19(16)12-14-2-1-7-18-11-14)5-8-20(9-6-17)24(22,23)15-3-4-15/h1-2,7,11,15H,3-6,8-10,12-13H2. The smallest absolute Gasteiger partial charge is 0.223 e. The Bertz CT molecular complexity index is 723. The van der Waals surface area contributed by atoms with Gasteiger partial charge in [0.2, 0.25) is 15.9 Å². The van der Waals surface area contributed by atoms with E-state index in [9.17, 15) is 13.2 Å². The Morgan fingerprint density at radius 2 is 2.00 bits per heavy atom. The third kappa shape index (κ3) is 2.95. The molecule has 1 amide bonds. The maximum atomic E-state index is 12.4. The van der Waals surface area contributed by atoms with Gasteiger partial charge >= 0.3 is 0 Å². The molecule has 3 fully saturated rings. The number of piperidine rings is 1. The molecule has 1 aliphatic carbocycles. The number of hydrogen-bond acceptors (Lipinski definition) is 4. The average molecular weight is 349 g/mol. The zero-order valence-electron chi connectivity index (χ0n) is 13.7. The van der Waals surface area contributed by atoms with Gasteiger partial charge in [-0.3, -0.25) is 9.78 Å². The highest BCUT2D eigenvalue weighted by Gasteiger charge is 2.48. The van der Waals surface area contributed by atoms with Crippen LogP contribution in [-0.2, 0) is 21.4 Å². The number of aromatic nitrogens is 1. The quantitative estimate of drug-likeness (QED) is 0.824. The van der Waals surface area contributed by atoms with E-state index in [0.29, 0.717) is 26.1 Å². The molecule has 6 nitrogen and oxygen atoms in total. The van der Waals surface area contributed by atoms with E-state index < -0.39 is 10.0 Å². The molecule has 1 spiro atoms. The number of likely N-dealkylation sites (tertiary alicyclic amines) is 1. The molecule has 1 aromatic rings. The van der Waals surface area contributed by atoms with Gasteiger partial charge in [-0.25, -0.2) is 12.7 Å². The van der Waals surface area contributed by atoms with Gasteiger partial charge in [-0.15, -0.1) is 0 Å². The van der Waals surface area contributed by atoms with Crippen molar-refractivity contribution in [3.05, 3.63) is 30.1 Å². The van der Waals surface area contributed by atoms with Crippen LogP contribution in [0.4, 0.5) is 0 Å². The fourth-order valence-electron chi connectivity index (χ4n) is 3.96. The highest BCUT2D eigenvalue weighted by molar-refractivity contribution is 7.90. The van der Waals surface area contributed by atoms with Crippen molar-refractivity contribution in [3.8, 4) is 0 Å². The molecule has 0 aromatic carbocycles. The Balaban J connectivity index is 1.40. The molecule has 3 heterocycles. The lowest BCUT2D eigenvalue weighted by molar-refractivity contribution is -0.128. The first-order valence-corrected chi connectivity index (χ1v) is 10.1. The van der Waals surface area contributed by atoms with E-state index in [1.165, 1.54) is 0 Å². The molecule has 0 N–H and O–H groups in total. The van der Waals surface area contributed by atoms with Crippen LogP contribution in [0, 0.1) is 5.41 Å². The molecule has 2 saturated heterocycles. The van der Waals surface area contributed by atoms with E-state index in [4.69, 9.17) is 0 Å². The van der Waals surface area contributed by atoms with E-state index in [1.807, 2.05) is 17.0 Å². The minimum atomic E-state index is -3.08. The largest absolute Gasteiger partial charge is 0.338 e. The molecule has 1 saturated carbocycles. The molecule has 2 aliphatic heterocycles. The highest BCUT2D eigenvalue weighted by Crippen LogP contribution is 2.43. The van der Waals surface area contributed by atoms with Crippen LogP contribution < -0.4 is 0 Å². The average Bonchev–Trinajstić information content (AvgIpc) is 3.37. The number of sulfonamides is 1. The molecule has 3 aliphatic rings. The molecule has 1 aromatic heterocycles. The molecule has 0 atom stereocenters. The number of carbonyl (C=O) groups excluding carboxylic acids is 1. The van der Waals surface area contributed by atoms with E-state index in [1.54, 1.807) is 16.7 Å². The minimum Gasteiger partial charge on any atom is -0.338 e. The molecule has 24 heavy (non-hydrogen) atoms. The first kappa shape index (κ1) is 16.0. The summed E-state index contributed by atoms with van der Waals surface area (Å²) in [5.74, 6) is 0.178. The van der Waals surface area contributed by atoms with Gasteiger partial charge in [-0.05, 0) is 42.7 Å². The van der Waals surface area contributed by atoms with E-state index in [-0.39, 0.29) is 16.6 Å². The summed E-state index contributed by atoms with van der Waals surface area (Å²) in [6, 6.07) is 3.86. The lowest BCUT2D eigenvalue weighted by atomic mass is 9.78. The predicted molar refractivity (Wildman–Crippen MR) is 89.5 cm³/mol. The van der Waals surface area contributed by atoms with Gasteiger partial charge in [0.1, 0.15) is 0 Å². The molecular formula is C17H23N3O3S. The van der Waals surface area contributed by atoms with Gasteiger partial charge in [-0.2, -0.15) is 0 Å². The minimum absolute atomic E-state index is 0.0468. The van der Waals surface area contributed by atoms with E-state index in [0.717, 1.165) is 37.8 Å². The molecule has 4 rings (SSSR count). The number of hydrogen-bond donors (Lipinski definition) is 0. The Morgan fingerprint density at radius 1 is 1.25 bits per heavy atom. The van der Waals surface area contributed by atoms with Crippen LogP contribution in [0.5, 0.6) is 0 Å². The van der Waals surface area contributed by atoms with Gasteiger partial charge < -0.3 is 4.90 Å². The van der Waals surface area contributed by atoms with Crippen LogP contribution in [0.2, 0.25) is 0 Å². The third-order valence-electron chi connectivity index (χ3n) is 5.59. The fraction of sp³-hybridized carbons (Fsp3) is 0.647. The predicted octanol–water partition coefficient (Wildman–Crippen LogP) is 1.39. The number of rotatable bonds is 4. The summed E-state index contributed by atoms with van der Waals surface area (Å²) in [5.41, 5.74) is 0.992. The highest BCUT2D eigenvalue weighted by atomic mass is 32.2. The van der Waals surface area contributed by atoms with Crippen molar-refractivity contribution in [2.24, 2.45) is 5.41 Å². The van der Waals surface area contributed by atoms with Crippen molar-refractivity contribution in [3.63, 3.8) is 0 Å². The van der Waals surface area contributed by atoms with Gasteiger partial charge in [0, 0.05) is 45.0 Å². The van der Waals surface area contributed by atoms with Crippen LogP contribution in [0.25, 0.3) is 0 Å². The summed E-state index contributed by atoms with van der Waals surface area (Å²) in [6.45, 7) is 2.45. The van der Waals surface area contributed by atoms with Gasteiger partial charge in [-0.1, -0.05) is 6.07 Å². The van der Waals surface area contributed by atoms with Crippen molar-refractivity contribution in [2.45, 2.75) is 43.9 Å². The summed E-state index contributed by atoms with van der Waals surface area (Å²) in [6.07, 6.45) is 7.26. The second-order valence-electron chi connectivity index (χ2n) is 7.43. The van der Waals surface area contributed by atoms with Crippen molar-refractivity contribution in [2.75, 3.05) is 19.6 Å².